The van der Waals surface area contributed by atoms with Crippen LogP contribution in [0.2, 0.25) is 0 Å². The van der Waals surface area contributed by atoms with Crippen molar-refractivity contribution in [3.05, 3.63) is 51.2 Å². The Hall–Kier alpha value is -1.86. The molecule has 0 radical (unpaired) electrons. The number of aryl methyl sites for hydroxylation is 2. The first-order valence-corrected chi connectivity index (χ1v) is 12.1. The van der Waals surface area contributed by atoms with Gasteiger partial charge in [-0.25, -0.2) is 0 Å². The molecule has 0 amide bonds. The molecular formula is C22H28N4OS2. The minimum Gasteiger partial charge on any atom is -0.348 e. The predicted molar refractivity (Wildman–Crippen MR) is 119 cm³/mol. The highest BCUT2D eigenvalue weighted by Gasteiger charge is 2.30. The average Bonchev–Trinajstić information content (AvgIpc) is 3.11. The van der Waals surface area contributed by atoms with Crippen LogP contribution in [0.1, 0.15) is 71.1 Å². The van der Waals surface area contributed by atoms with Gasteiger partial charge < -0.3 is 9.13 Å². The zero-order chi connectivity index (χ0) is 20.5. The number of thioether (sulfide) groups is 1. The number of hydrogen-bond donors (Lipinski definition) is 0. The topological polar surface area (TPSA) is 52.7 Å². The van der Waals surface area contributed by atoms with Crippen molar-refractivity contribution in [2.45, 2.75) is 70.6 Å². The number of carbonyl (C=O) groups excluding carboxylic acids is 1. The molecule has 0 aromatic carbocycles. The van der Waals surface area contributed by atoms with Gasteiger partial charge in [0.2, 0.25) is 0 Å². The largest absolute Gasteiger partial charge is 0.348 e. The molecule has 1 aliphatic carbocycles. The molecule has 0 N–H and O–H groups in total. The van der Waals surface area contributed by atoms with Crippen LogP contribution in [0.25, 0.3) is 0 Å². The summed E-state index contributed by atoms with van der Waals surface area (Å²) in [6, 6.07) is 6.82. The summed E-state index contributed by atoms with van der Waals surface area (Å²) < 4.78 is 4.52. The van der Waals surface area contributed by atoms with Crippen LogP contribution in [-0.4, -0.2) is 30.9 Å². The second kappa shape index (κ2) is 8.48. The van der Waals surface area contributed by atoms with Crippen molar-refractivity contribution < 1.29 is 4.79 Å². The zero-order valence-electron chi connectivity index (χ0n) is 17.5. The van der Waals surface area contributed by atoms with Crippen LogP contribution in [0.4, 0.5) is 0 Å². The molecule has 1 saturated carbocycles. The summed E-state index contributed by atoms with van der Waals surface area (Å²) >= 11 is 3.31. The van der Waals surface area contributed by atoms with Crippen molar-refractivity contribution in [1.82, 2.24) is 19.3 Å². The Labute approximate surface area is 180 Å². The van der Waals surface area contributed by atoms with Gasteiger partial charge in [-0.15, -0.1) is 21.5 Å². The van der Waals surface area contributed by atoms with Gasteiger partial charge >= 0.3 is 0 Å². The Kier molecular flexibility index (Phi) is 5.97. The lowest BCUT2D eigenvalue weighted by Crippen LogP contribution is -2.09. The quantitative estimate of drug-likeness (QED) is 0.337. The van der Waals surface area contributed by atoms with E-state index in [9.17, 15) is 4.79 Å². The van der Waals surface area contributed by atoms with E-state index in [1.54, 1.807) is 11.3 Å². The normalized spacial score (nSPS) is 14.1. The maximum Gasteiger partial charge on any atom is 0.191 e. The molecule has 0 spiro atoms. The van der Waals surface area contributed by atoms with E-state index in [0.29, 0.717) is 17.7 Å². The van der Waals surface area contributed by atoms with Gasteiger partial charge in [0.25, 0.3) is 0 Å². The number of rotatable bonds is 9. The maximum absolute atomic E-state index is 13.0. The number of carbonyl (C=O) groups is 1. The molecule has 154 valence electrons. The number of Topliss-reactive ketones (excluding diaryl/α,β-unsaturated/α-hetero) is 1. The van der Waals surface area contributed by atoms with Gasteiger partial charge in [0.15, 0.2) is 10.9 Å². The highest BCUT2D eigenvalue weighted by atomic mass is 32.2. The molecule has 3 aromatic heterocycles. The number of thiophene rings is 1. The second-order valence-electron chi connectivity index (χ2n) is 8.07. The van der Waals surface area contributed by atoms with Crippen LogP contribution in [-0.2, 0) is 13.0 Å². The molecule has 0 aliphatic heterocycles. The maximum atomic E-state index is 13.0. The molecule has 7 heteroatoms. The summed E-state index contributed by atoms with van der Waals surface area (Å²) in [5.74, 6) is 1.95. The van der Waals surface area contributed by atoms with Crippen molar-refractivity contribution in [1.29, 1.82) is 0 Å². The molecule has 5 nitrogen and oxygen atoms in total. The van der Waals surface area contributed by atoms with Crippen LogP contribution in [0.15, 0.2) is 28.7 Å². The van der Waals surface area contributed by atoms with Gasteiger partial charge in [0.1, 0.15) is 5.82 Å². The third kappa shape index (κ3) is 4.36. The van der Waals surface area contributed by atoms with E-state index >= 15 is 0 Å². The number of nitrogens with zero attached hydrogens (tertiary/aromatic N) is 4. The summed E-state index contributed by atoms with van der Waals surface area (Å²) in [5, 5.41) is 11.8. The average molecular weight is 429 g/mol. The second-order valence-corrected chi connectivity index (χ2v) is 10.0. The molecular weight excluding hydrogens is 400 g/mol. The van der Waals surface area contributed by atoms with Crippen molar-refractivity contribution in [3.8, 4) is 0 Å². The van der Waals surface area contributed by atoms with E-state index in [-0.39, 0.29) is 5.78 Å². The fourth-order valence-electron chi connectivity index (χ4n) is 3.77. The first-order chi connectivity index (χ1) is 14.0. The molecule has 1 aliphatic rings. The van der Waals surface area contributed by atoms with E-state index in [4.69, 9.17) is 0 Å². The van der Waals surface area contributed by atoms with Crippen LogP contribution in [0.5, 0.6) is 0 Å². The standard InChI is InChI=1S/C22H28N4OS2/c1-14(2)21-23-24-22(26(21)17-7-8-17)29-13-20(27)19-12-15(3)25(16(19)4)10-9-18-6-5-11-28-18/h5-6,11-12,14,17H,7-10,13H2,1-4H3. The van der Waals surface area contributed by atoms with Crippen LogP contribution < -0.4 is 0 Å². The minimum absolute atomic E-state index is 0.168. The van der Waals surface area contributed by atoms with Gasteiger partial charge in [-0.3, -0.25) is 4.79 Å². The lowest BCUT2D eigenvalue weighted by atomic mass is 10.2. The van der Waals surface area contributed by atoms with Gasteiger partial charge in [-0.2, -0.15) is 0 Å². The number of ketones is 1. The summed E-state index contributed by atoms with van der Waals surface area (Å²) in [5.41, 5.74) is 3.05. The number of aromatic nitrogens is 4. The Balaban J connectivity index is 1.45. The van der Waals surface area contributed by atoms with Gasteiger partial charge in [0.05, 0.1) is 5.75 Å². The molecule has 1 fully saturated rings. The van der Waals surface area contributed by atoms with E-state index in [1.165, 1.54) is 29.5 Å². The zero-order valence-corrected chi connectivity index (χ0v) is 19.1. The monoisotopic (exact) mass is 428 g/mol. The van der Waals surface area contributed by atoms with Crippen LogP contribution >= 0.6 is 23.1 Å². The summed E-state index contributed by atoms with van der Waals surface area (Å²) in [7, 11) is 0. The van der Waals surface area contributed by atoms with Crippen molar-refractivity contribution in [2.75, 3.05) is 5.75 Å². The fourth-order valence-corrected chi connectivity index (χ4v) is 5.36. The van der Waals surface area contributed by atoms with Crippen molar-refractivity contribution >= 4 is 28.9 Å². The highest BCUT2D eigenvalue weighted by Crippen LogP contribution is 2.40. The van der Waals surface area contributed by atoms with E-state index in [1.807, 2.05) is 6.07 Å². The third-order valence-corrected chi connectivity index (χ3v) is 7.37. The Morgan fingerprint density at radius 2 is 2.10 bits per heavy atom. The molecule has 3 aromatic rings. The molecule has 0 atom stereocenters. The smallest absolute Gasteiger partial charge is 0.191 e. The lowest BCUT2D eigenvalue weighted by Gasteiger charge is -2.11. The van der Waals surface area contributed by atoms with Crippen molar-refractivity contribution in [3.63, 3.8) is 0 Å². The van der Waals surface area contributed by atoms with Gasteiger partial charge in [-0.05, 0) is 50.6 Å². The first kappa shape index (κ1) is 20.4. The Morgan fingerprint density at radius 3 is 2.76 bits per heavy atom. The van der Waals surface area contributed by atoms with Gasteiger partial charge in [0, 0.05) is 40.3 Å². The summed E-state index contributed by atoms with van der Waals surface area (Å²) in [6.45, 7) is 9.35. The molecule has 0 bridgehead atoms. The molecule has 4 rings (SSSR count). The Morgan fingerprint density at radius 1 is 1.31 bits per heavy atom. The minimum atomic E-state index is 0.168. The van der Waals surface area contributed by atoms with E-state index in [0.717, 1.165) is 40.9 Å². The van der Waals surface area contributed by atoms with Gasteiger partial charge in [-0.1, -0.05) is 31.7 Å². The van der Waals surface area contributed by atoms with Crippen LogP contribution in [0.3, 0.4) is 0 Å². The molecule has 0 unspecified atom stereocenters. The lowest BCUT2D eigenvalue weighted by molar-refractivity contribution is 0.102. The summed E-state index contributed by atoms with van der Waals surface area (Å²) in [4.78, 5) is 14.4. The fraction of sp³-hybridized carbons (Fsp3) is 0.500. The summed E-state index contributed by atoms with van der Waals surface area (Å²) in [6.07, 6.45) is 3.37. The predicted octanol–water partition coefficient (Wildman–Crippen LogP) is 5.43. The molecule has 0 saturated heterocycles. The van der Waals surface area contributed by atoms with Crippen molar-refractivity contribution in [2.24, 2.45) is 0 Å². The van der Waals surface area contributed by atoms with E-state index in [2.05, 4.69) is 64.5 Å². The molecule has 3 heterocycles. The molecule has 29 heavy (non-hydrogen) atoms. The highest BCUT2D eigenvalue weighted by molar-refractivity contribution is 7.99. The first-order valence-electron chi connectivity index (χ1n) is 10.3. The number of hydrogen-bond acceptors (Lipinski definition) is 5. The van der Waals surface area contributed by atoms with E-state index < -0.39 is 0 Å². The third-order valence-electron chi connectivity index (χ3n) is 5.49. The SMILES string of the molecule is Cc1cc(C(=O)CSc2nnc(C(C)C)n2C2CC2)c(C)n1CCc1cccs1. The van der Waals surface area contributed by atoms with Crippen LogP contribution in [0, 0.1) is 13.8 Å². The Bertz CT molecular complexity index is 997.